The van der Waals surface area contributed by atoms with Crippen molar-refractivity contribution in [1.29, 1.82) is 0 Å². The van der Waals surface area contributed by atoms with Gasteiger partial charge in [-0.2, -0.15) is 0 Å². The molecule has 0 spiro atoms. The average Bonchev–Trinajstić information content (AvgIpc) is 2.22. The van der Waals surface area contributed by atoms with E-state index in [1.807, 2.05) is 0 Å². The lowest BCUT2D eigenvalue weighted by molar-refractivity contribution is 0.265. The van der Waals surface area contributed by atoms with E-state index in [0.717, 1.165) is 12.1 Å². The van der Waals surface area contributed by atoms with E-state index in [1.54, 1.807) is 0 Å². The van der Waals surface area contributed by atoms with E-state index in [1.165, 1.54) is 6.92 Å². The normalized spacial score (nSPS) is 13.6. The predicted molar refractivity (Wildman–Crippen MR) is 65.4 cm³/mol. The SMILES string of the molecule is C[C@H](CO)NS(=O)(=O)c1cc(N)c(Br)cc1F. The molecule has 1 atom stereocenters. The molecule has 0 heterocycles. The van der Waals surface area contributed by atoms with Crippen molar-refractivity contribution < 1.29 is 17.9 Å². The van der Waals surface area contributed by atoms with Crippen LogP contribution in [0.5, 0.6) is 0 Å². The van der Waals surface area contributed by atoms with Crippen molar-refractivity contribution in [2.24, 2.45) is 0 Å². The molecule has 0 aliphatic rings. The Morgan fingerprint density at radius 2 is 2.18 bits per heavy atom. The summed E-state index contributed by atoms with van der Waals surface area (Å²) in [5.74, 6) is -0.913. The molecule has 1 rings (SSSR count). The van der Waals surface area contributed by atoms with Crippen LogP contribution in [-0.2, 0) is 10.0 Å². The average molecular weight is 327 g/mol. The number of sulfonamides is 1. The van der Waals surface area contributed by atoms with Crippen molar-refractivity contribution in [3.8, 4) is 0 Å². The minimum absolute atomic E-state index is 0.114. The Bertz CT molecular complexity index is 521. The van der Waals surface area contributed by atoms with Crippen molar-refractivity contribution in [2.75, 3.05) is 12.3 Å². The zero-order valence-corrected chi connectivity index (χ0v) is 11.3. The first kappa shape index (κ1) is 14.4. The van der Waals surface area contributed by atoms with Gasteiger partial charge in [0.05, 0.1) is 6.61 Å². The third kappa shape index (κ3) is 3.38. The van der Waals surface area contributed by atoms with Crippen molar-refractivity contribution in [3.05, 3.63) is 22.4 Å². The van der Waals surface area contributed by atoms with Crippen LogP contribution < -0.4 is 10.5 Å². The molecule has 17 heavy (non-hydrogen) atoms. The van der Waals surface area contributed by atoms with Crippen molar-refractivity contribution in [2.45, 2.75) is 17.9 Å². The number of hydrogen-bond donors (Lipinski definition) is 3. The third-order valence-corrected chi connectivity index (χ3v) is 4.26. The highest BCUT2D eigenvalue weighted by Crippen LogP contribution is 2.26. The molecule has 1 aromatic carbocycles. The fourth-order valence-corrected chi connectivity index (χ4v) is 2.76. The molecule has 96 valence electrons. The number of aliphatic hydroxyl groups is 1. The number of nitrogens with two attached hydrogens (primary N) is 1. The number of benzene rings is 1. The highest BCUT2D eigenvalue weighted by atomic mass is 79.9. The Labute approximate surface area is 107 Å². The molecule has 4 N–H and O–H groups in total. The molecule has 0 bridgehead atoms. The summed E-state index contributed by atoms with van der Waals surface area (Å²) in [4.78, 5) is -0.543. The highest BCUT2D eigenvalue weighted by molar-refractivity contribution is 9.10. The van der Waals surface area contributed by atoms with E-state index in [-0.39, 0.29) is 16.8 Å². The van der Waals surface area contributed by atoms with Crippen molar-refractivity contribution in [1.82, 2.24) is 4.72 Å². The van der Waals surface area contributed by atoms with Gasteiger partial charge in [0.2, 0.25) is 10.0 Å². The van der Waals surface area contributed by atoms with Crippen LogP contribution in [0.1, 0.15) is 6.92 Å². The van der Waals surface area contributed by atoms with Gasteiger partial charge in [0.25, 0.3) is 0 Å². The molecule has 0 aliphatic heterocycles. The smallest absolute Gasteiger partial charge is 0.243 e. The largest absolute Gasteiger partial charge is 0.398 e. The summed E-state index contributed by atoms with van der Waals surface area (Å²) in [6.45, 7) is 1.07. The molecule has 0 unspecified atom stereocenters. The van der Waals surface area contributed by atoms with Gasteiger partial charge in [-0.1, -0.05) is 0 Å². The van der Waals surface area contributed by atoms with E-state index in [2.05, 4.69) is 20.7 Å². The van der Waals surface area contributed by atoms with E-state index in [4.69, 9.17) is 10.8 Å². The molecular weight excluding hydrogens is 315 g/mol. The van der Waals surface area contributed by atoms with Crippen LogP contribution in [0.15, 0.2) is 21.5 Å². The standard InChI is InChI=1S/C9H12BrFN2O3S/c1-5(4-14)13-17(15,16)9-3-8(12)6(10)2-7(9)11/h2-3,5,13-14H,4,12H2,1H3/t5-/m1/s1. The van der Waals surface area contributed by atoms with Crippen LogP contribution in [0.25, 0.3) is 0 Å². The van der Waals surface area contributed by atoms with E-state index >= 15 is 0 Å². The molecule has 0 radical (unpaired) electrons. The topological polar surface area (TPSA) is 92.4 Å². The first-order valence-electron chi connectivity index (χ1n) is 4.65. The Hall–Kier alpha value is -0.700. The molecule has 5 nitrogen and oxygen atoms in total. The number of nitrogens with one attached hydrogen (secondary N) is 1. The molecule has 0 aromatic heterocycles. The van der Waals surface area contributed by atoms with Crippen LogP contribution in [0.2, 0.25) is 0 Å². The van der Waals surface area contributed by atoms with Gasteiger partial charge in [-0.3, -0.25) is 0 Å². The Morgan fingerprint density at radius 1 is 1.59 bits per heavy atom. The van der Waals surface area contributed by atoms with Gasteiger partial charge in [-0.05, 0) is 35.0 Å². The maximum atomic E-state index is 13.5. The molecule has 0 amide bonds. The third-order valence-electron chi connectivity index (χ3n) is 1.97. The highest BCUT2D eigenvalue weighted by Gasteiger charge is 2.22. The lowest BCUT2D eigenvalue weighted by Crippen LogP contribution is -2.35. The zero-order chi connectivity index (χ0) is 13.2. The Balaban J connectivity index is 3.20. The maximum absolute atomic E-state index is 13.5. The van der Waals surface area contributed by atoms with E-state index in [0.29, 0.717) is 0 Å². The minimum atomic E-state index is -4.03. The molecular formula is C9H12BrFN2O3S. The first-order chi connectivity index (χ1) is 7.77. The lowest BCUT2D eigenvalue weighted by Gasteiger charge is -2.12. The van der Waals surface area contributed by atoms with Gasteiger partial charge >= 0.3 is 0 Å². The quantitative estimate of drug-likeness (QED) is 0.714. The zero-order valence-electron chi connectivity index (χ0n) is 8.94. The minimum Gasteiger partial charge on any atom is -0.398 e. The summed E-state index contributed by atoms with van der Waals surface area (Å²) in [7, 11) is -4.03. The number of halogens is 2. The second-order valence-corrected chi connectivity index (χ2v) is 6.05. The summed E-state index contributed by atoms with van der Waals surface area (Å²) in [6.07, 6.45) is 0. The monoisotopic (exact) mass is 326 g/mol. The number of anilines is 1. The van der Waals surface area contributed by atoms with E-state index < -0.39 is 26.8 Å². The molecule has 1 aromatic rings. The molecule has 0 saturated heterocycles. The molecule has 0 fully saturated rings. The number of hydrogen-bond acceptors (Lipinski definition) is 4. The van der Waals surface area contributed by atoms with Crippen LogP contribution in [0, 0.1) is 5.82 Å². The molecule has 0 aliphatic carbocycles. The summed E-state index contributed by atoms with van der Waals surface area (Å²) in [6, 6.07) is 1.29. The van der Waals surface area contributed by atoms with Gasteiger partial charge < -0.3 is 10.8 Å². The first-order valence-corrected chi connectivity index (χ1v) is 6.93. The van der Waals surface area contributed by atoms with Gasteiger partial charge in [-0.15, -0.1) is 0 Å². The van der Waals surface area contributed by atoms with Crippen molar-refractivity contribution >= 4 is 31.6 Å². The van der Waals surface area contributed by atoms with Gasteiger partial charge in [0.1, 0.15) is 10.7 Å². The summed E-state index contributed by atoms with van der Waals surface area (Å²) in [5, 5.41) is 8.76. The number of nitrogen functional groups attached to an aromatic ring is 1. The number of rotatable bonds is 4. The van der Waals surface area contributed by atoms with Crippen LogP contribution in [-0.4, -0.2) is 26.2 Å². The fraction of sp³-hybridized carbons (Fsp3) is 0.333. The van der Waals surface area contributed by atoms with Crippen LogP contribution in [0.3, 0.4) is 0 Å². The number of aliphatic hydroxyl groups excluding tert-OH is 1. The van der Waals surface area contributed by atoms with Crippen LogP contribution in [0.4, 0.5) is 10.1 Å². The Morgan fingerprint density at radius 3 is 2.71 bits per heavy atom. The van der Waals surface area contributed by atoms with Crippen LogP contribution >= 0.6 is 15.9 Å². The van der Waals surface area contributed by atoms with Gasteiger partial charge in [0, 0.05) is 16.2 Å². The Kier molecular flexibility index (Phi) is 4.48. The van der Waals surface area contributed by atoms with E-state index in [9.17, 15) is 12.8 Å². The lowest BCUT2D eigenvalue weighted by atomic mass is 10.3. The second-order valence-electron chi connectivity index (χ2n) is 3.51. The predicted octanol–water partition coefficient (Wildman–Crippen LogP) is 0.830. The fourth-order valence-electron chi connectivity index (χ4n) is 1.12. The summed E-state index contributed by atoms with van der Waals surface area (Å²) >= 11 is 2.99. The molecule has 8 heteroatoms. The van der Waals surface area contributed by atoms with Gasteiger partial charge in [0.15, 0.2) is 0 Å². The summed E-state index contributed by atoms with van der Waals surface area (Å²) < 4.78 is 39.4. The summed E-state index contributed by atoms with van der Waals surface area (Å²) in [5.41, 5.74) is 5.61. The van der Waals surface area contributed by atoms with Gasteiger partial charge in [-0.25, -0.2) is 17.5 Å². The van der Waals surface area contributed by atoms with Crippen molar-refractivity contribution in [3.63, 3.8) is 0 Å². The second kappa shape index (κ2) is 5.30. The maximum Gasteiger partial charge on any atom is 0.243 e. The molecule has 0 saturated carbocycles.